The molecule has 0 aromatic heterocycles. The standard InChI is InChI=1S/C14H29N3/c1-3-9-16-10-7-14(12-15,8-11-16)17(4-2)13-5-6-13/h13H,3-12,15H2,1-2H3. The first-order valence-corrected chi connectivity index (χ1v) is 7.45. The van der Waals surface area contributed by atoms with E-state index in [-0.39, 0.29) is 0 Å². The van der Waals surface area contributed by atoms with Gasteiger partial charge in [-0.15, -0.1) is 0 Å². The molecule has 1 saturated heterocycles. The number of rotatable bonds is 6. The zero-order valence-corrected chi connectivity index (χ0v) is 11.6. The lowest BCUT2D eigenvalue weighted by Crippen LogP contribution is -2.60. The molecule has 0 radical (unpaired) electrons. The quantitative estimate of drug-likeness (QED) is 0.765. The van der Waals surface area contributed by atoms with E-state index in [2.05, 4.69) is 23.6 Å². The fourth-order valence-electron chi connectivity index (χ4n) is 3.48. The second kappa shape index (κ2) is 5.68. The highest BCUT2D eigenvalue weighted by Crippen LogP contribution is 2.37. The van der Waals surface area contributed by atoms with Gasteiger partial charge < -0.3 is 10.6 Å². The van der Waals surface area contributed by atoms with Crippen LogP contribution in [0, 0.1) is 0 Å². The molecule has 0 amide bonds. The zero-order valence-electron chi connectivity index (χ0n) is 11.6. The summed E-state index contributed by atoms with van der Waals surface area (Å²) in [6.07, 6.45) is 6.61. The van der Waals surface area contributed by atoms with Crippen LogP contribution in [0.25, 0.3) is 0 Å². The molecule has 0 atom stereocenters. The number of nitrogens with two attached hydrogens (primary N) is 1. The van der Waals surface area contributed by atoms with Gasteiger partial charge in [0.2, 0.25) is 0 Å². The highest BCUT2D eigenvalue weighted by molar-refractivity contribution is 5.01. The Morgan fingerprint density at radius 3 is 2.29 bits per heavy atom. The van der Waals surface area contributed by atoms with Crippen LogP contribution in [0.4, 0.5) is 0 Å². The number of likely N-dealkylation sites (tertiary alicyclic amines) is 1. The highest BCUT2D eigenvalue weighted by atomic mass is 15.3. The minimum atomic E-state index is 0.320. The van der Waals surface area contributed by atoms with Crippen molar-refractivity contribution in [1.82, 2.24) is 9.80 Å². The first-order valence-electron chi connectivity index (χ1n) is 7.45. The minimum Gasteiger partial charge on any atom is -0.329 e. The van der Waals surface area contributed by atoms with Crippen LogP contribution < -0.4 is 5.73 Å². The van der Waals surface area contributed by atoms with Crippen molar-refractivity contribution in [3.05, 3.63) is 0 Å². The van der Waals surface area contributed by atoms with Crippen molar-refractivity contribution in [2.24, 2.45) is 5.73 Å². The predicted octanol–water partition coefficient (Wildman–Crippen LogP) is 1.67. The molecule has 2 N–H and O–H groups in total. The molecule has 0 aromatic carbocycles. The van der Waals surface area contributed by atoms with Crippen molar-refractivity contribution in [2.45, 2.75) is 57.5 Å². The number of nitrogens with zero attached hydrogens (tertiary/aromatic N) is 2. The molecule has 1 heterocycles. The van der Waals surface area contributed by atoms with E-state index in [0.29, 0.717) is 5.54 Å². The topological polar surface area (TPSA) is 32.5 Å². The Hall–Kier alpha value is -0.120. The van der Waals surface area contributed by atoms with Crippen molar-refractivity contribution in [3.63, 3.8) is 0 Å². The lowest BCUT2D eigenvalue weighted by Gasteiger charge is -2.48. The van der Waals surface area contributed by atoms with Gasteiger partial charge in [-0.1, -0.05) is 13.8 Å². The Labute approximate surface area is 106 Å². The average Bonchev–Trinajstić information content (AvgIpc) is 3.17. The summed E-state index contributed by atoms with van der Waals surface area (Å²) in [5.41, 5.74) is 6.46. The van der Waals surface area contributed by atoms with Gasteiger partial charge in [0, 0.05) is 18.1 Å². The van der Waals surface area contributed by atoms with E-state index < -0.39 is 0 Å². The predicted molar refractivity (Wildman–Crippen MR) is 73.2 cm³/mol. The second-order valence-electron chi connectivity index (χ2n) is 5.79. The Morgan fingerprint density at radius 1 is 1.24 bits per heavy atom. The van der Waals surface area contributed by atoms with Crippen LogP contribution >= 0.6 is 0 Å². The van der Waals surface area contributed by atoms with E-state index in [4.69, 9.17) is 5.73 Å². The van der Waals surface area contributed by atoms with Gasteiger partial charge in [0.25, 0.3) is 0 Å². The van der Waals surface area contributed by atoms with E-state index in [9.17, 15) is 0 Å². The highest BCUT2D eigenvalue weighted by Gasteiger charge is 2.44. The molecule has 2 aliphatic rings. The maximum absolute atomic E-state index is 6.14. The Kier molecular flexibility index (Phi) is 4.45. The minimum absolute atomic E-state index is 0.320. The van der Waals surface area contributed by atoms with Crippen molar-refractivity contribution in [3.8, 4) is 0 Å². The summed E-state index contributed by atoms with van der Waals surface area (Å²) in [4.78, 5) is 5.32. The summed E-state index contributed by atoms with van der Waals surface area (Å²) < 4.78 is 0. The van der Waals surface area contributed by atoms with Gasteiger partial charge in [0.15, 0.2) is 0 Å². The van der Waals surface area contributed by atoms with Gasteiger partial charge in [-0.3, -0.25) is 4.90 Å². The largest absolute Gasteiger partial charge is 0.329 e. The maximum atomic E-state index is 6.14. The number of hydrogen-bond acceptors (Lipinski definition) is 3. The van der Waals surface area contributed by atoms with Crippen LogP contribution in [-0.4, -0.2) is 54.1 Å². The van der Waals surface area contributed by atoms with Crippen molar-refractivity contribution in [1.29, 1.82) is 0 Å². The first-order chi connectivity index (χ1) is 8.25. The fraction of sp³-hybridized carbons (Fsp3) is 1.00. The van der Waals surface area contributed by atoms with Crippen LogP contribution in [0.15, 0.2) is 0 Å². The molecule has 2 rings (SSSR count). The van der Waals surface area contributed by atoms with Crippen molar-refractivity contribution >= 4 is 0 Å². The van der Waals surface area contributed by atoms with E-state index in [0.717, 1.165) is 12.6 Å². The molecule has 2 fully saturated rings. The molecule has 1 saturated carbocycles. The second-order valence-corrected chi connectivity index (χ2v) is 5.79. The third-order valence-corrected chi connectivity index (χ3v) is 4.64. The summed E-state index contributed by atoms with van der Waals surface area (Å²) in [5.74, 6) is 0. The smallest absolute Gasteiger partial charge is 0.0358 e. The lowest BCUT2D eigenvalue weighted by molar-refractivity contribution is 0.0242. The third kappa shape index (κ3) is 2.83. The van der Waals surface area contributed by atoms with Gasteiger partial charge in [-0.2, -0.15) is 0 Å². The molecule has 0 bridgehead atoms. The summed E-state index contributed by atoms with van der Waals surface area (Å²) in [6, 6.07) is 0.848. The molecule has 3 heteroatoms. The molecule has 100 valence electrons. The zero-order chi connectivity index (χ0) is 12.3. The van der Waals surface area contributed by atoms with Crippen LogP contribution in [0.3, 0.4) is 0 Å². The monoisotopic (exact) mass is 239 g/mol. The van der Waals surface area contributed by atoms with Crippen LogP contribution in [0.1, 0.15) is 46.0 Å². The average molecular weight is 239 g/mol. The van der Waals surface area contributed by atoms with E-state index in [1.807, 2.05) is 0 Å². The van der Waals surface area contributed by atoms with E-state index in [1.54, 1.807) is 0 Å². The molecule has 1 aliphatic heterocycles. The normalized spacial score (nSPS) is 25.4. The molecular formula is C14H29N3. The number of hydrogen-bond donors (Lipinski definition) is 1. The Bertz CT molecular complexity index is 230. The lowest BCUT2D eigenvalue weighted by atomic mass is 9.85. The molecule has 0 aromatic rings. The van der Waals surface area contributed by atoms with Crippen molar-refractivity contribution < 1.29 is 0 Å². The SMILES string of the molecule is CCCN1CCC(CN)(N(CC)C2CC2)CC1. The van der Waals surface area contributed by atoms with Gasteiger partial charge in [-0.05, 0) is 58.3 Å². The van der Waals surface area contributed by atoms with Gasteiger partial charge in [0.05, 0.1) is 0 Å². The van der Waals surface area contributed by atoms with Gasteiger partial charge in [-0.25, -0.2) is 0 Å². The molecule has 17 heavy (non-hydrogen) atoms. The molecular weight excluding hydrogens is 210 g/mol. The Balaban J connectivity index is 1.96. The Morgan fingerprint density at radius 2 is 1.88 bits per heavy atom. The number of likely N-dealkylation sites (N-methyl/N-ethyl adjacent to an activating group) is 1. The number of piperidine rings is 1. The maximum Gasteiger partial charge on any atom is 0.0358 e. The molecule has 3 nitrogen and oxygen atoms in total. The van der Waals surface area contributed by atoms with Crippen LogP contribution in [-0.2, 0) is 0 Å². The van der Waals surface area contributed by atoms with Crippen LogP contribution in [0.5, 0.6) is 0 Å². The molecule has 1 aliphatic carbocycles. The summed E-state index contributed by atoms with van der Waals surface area (Å²) in [7, 11) is 0. The van der Waals surface area contributed by atoms with E-state index in [1.165, 1.54) is 58.3 Å². The van der Waals surface area contributed by atoms with E-state index >= 15 is 0 Å². The van der Waals surface area contributed by atoms with Crippen LogP contribution in [0.2, 0.25) is 0 Å². The summed E-state index contributed by atoms with van der Waals surface area (Å²) in [6.45, 7) is 10.3. The molecule has 0 spiro atoms. The van der Waals surface area contributed by atoms with Gasteiger partial charge >= 0.3 is 0 Å². The molecule has 0 unspecified atom stereocenters. The first kappa shape index (κ1) is 13.3. The van der Waals surface area contributed by atoms with Crippen molar-refractivity contribution in [2.75, 3.05) is 32.7 Å². The fourth-order valence-corrected chi connectivity index (χ4v) is 3.48. The summed E-state index contributed by atoms with van der Waals surface area (Å²) in [5, 5.41) is 0. The van der Waals surface area contributed by atoms with Gasteiger partial charge in [0.1, 0.15) is 0 Å². The third-order valence-electron chi connectivity index (χ3n) is 4.64. The summed E-state index contributed by atoms with van der Waals surface area (Å²) >= 11 is 0.